The highest BCUT2D eigenvalue weighted by Gasteiger charge is 2.43. The summed E-state index contributed by atoms with van der Waals surface area (Å²) in [5.41, 5.74) is 0. The number of hydrogen-bond donors (Lipinski definition) is 0. The second-order valence-electron chi connectivity index (χ2n) is 3.77. The third-order valence-corrected chi connectivity index (χ3v) is 2.57. The van der Waals surface area contributed by atoms with Crippen LogP contribution in [0.4, 0.5) is 0 Å². The van der Waals surface area contributed by atoms with E-state index in [-0.39, 0.29) is 13.2 Å². The molecule has 1 rings (SSSR count). The highest BCUT2D eigenvalue weighted by molar-refractivity contribution is 6.42. The minimum atomic E-state index is -0.913. The van der Waals surface area contributed by atoms with Crippen molar-refractivity contribution in [3.63, 3.8) is 0 Å². The van der Waals surface area contributed by atoms with Crippen molar-refractivity contribution in [2.24, 2.45) is 5.92 Å². The van der Waals surface area contributed by atoms with Crippen molar-refractivity contribution in [1.29, 1.82) is 0 Å². The van der Waals surface area contributed by atoms with E-state index in [4.69, 9.17) is 4.74 Å². The van der Waals surface area contributed by atoms with Gasteiger partial charge in [-0.05, 0) is 13.3 Å². The zero-order valence-corrected chi connectivity index (χ0v) is 9.69. The number of amides is 1. The Morgan fingerprint density at radius 2 is 2.12 bits per heavy atom. The molecule has 90 valence electrons. The maximum absolute atomic E-state index is 11.5. The molecule has 0 saturated carbocycles. The molecule has 0 spiro atoms. The molecular formula is C11H17NO4. The lowest BCUT2D eigenvalue weighted by molar-refractivity contribution is -0.151. The SMILES string of the molecule is CCCCN1C[C@@H](C(=O)OCC)C(=O)C1=O. The van der Waals surface area contributed by atoms with E-state index in [1.807, 2.05) is 6.92 Å². The van der Waals surface area contributed by atoms with Crippen LogP contribution in [-0.4, -0.2) is 42.3 Å². The molecule has 1 atom stereocenters. The molecule has 0 aliphatic carbocycles. The maximum atomic E-state index is 11.5. The minimum absolute atomic E-state index is 0.177. The Hall–Kier alpha value is -1.39. The van der Waals surface area contributed by atoms with Gasteiger partial charge in [-0.25, -0.2) is 0 Å². The van der Waals surface area contributed by atoms with Gasteiger partial charge < -0.3 is 9.64 Å². The van der Waals surface area contributed by atoms with Gasteiger partial charge in [0.25, 0.3) is 5.91 Å². The number of nitrogens with zero attached hydrogens (tertiary/aromatic N) is 1. The average molecular weight is 227 g/mol. The van der Waals surface area contributed by atoms with Gasteiger partial charge in [-0.1, -0.05) is 13.3 Å². The summed E-state index contributed by atoms with van der Waals surface area (Å²) >= 11 is 0. The lowest BCUT2D eigenvalue weighted by atomic mass is 10.1. The molecule has 16 heavy (non-hydrogen) atoms. The number of likely N-dealkylation sites (tertiary alicyclic amines) is 1. The molecule has 0 N–H and O–H groups in total. The molecule has 0 bridgehead atoms. The Morgan fingerprint density at radius 1 is 1.44 bits per heavy atom. The molecule has 0 aromatic rings. The molecule has 1 aliphatic heterocycles. The van der Waals surface area contributed by atoms with Gasteiger partial charge in [-0.2, -0.15) is 0 Å². The van der Waals surface area contributed by atoms with Gasteiger partial charge in [0.2, 0.25) is 5.78 Å². The summed E-state index contributed by atoms with van der Waals surface area (Å²) in [6.45, 7) is 4.62. The van der Waals surface area contributed by atoms with Crippen molar-refractivity contribution < 1.29 is 19.1 Å². The van der Waals surface area contributed by atoms with Gasteiger partial charge in [0, 0.05) is 13.1 Å². The van der Waals surface area contributed by atoms with Crippen molar-refractivity contribution >= 4 is 17.7 Å². The van der Waals surface area contributed by atoms with Gasteiger partial charge in [-0.3, -0.25) is 14.4 Å². The van der Waals surface area contributed by atoms with Crippen LogP contribution in [0, 0.1) is 5.92 Å². The van der Waals surface area contributed by atoms with Crippen molar-refractivity contribution in [2.45, 2.75) is 26.7 Å². The number of unbranched alkanes of at least 4 members (excludes halogenated alkanes) is 1. The minimum Gasteiger partial charge on any atom is -0.465 e. The second kappa shape index (κ2) is 5.63. The summed E-state index contributed by atoms with van der Waals surface area (Å²) in [6.07, 6.45) is 1.79. The van der Waals surface area contributed by atoms with Crippen LogP contribution in [-0.2, 0) is 19.1 Å². The first-order valence-electron chi connectivity index (χ1n) is 5.61. The van der Waals surface area contributed by atoms with Crippen molar-refractivity contribution in [3.05, 3.63) is 0 Å². The predicted octanol–water partition coefficient (Wildman–Crippen LogP) is 0.377. The number of ether oxygens (including phenoxy) is 1. The molecule has 5 nitrogen and oxygen atoms in total. The van der Waals surface area contributed by atoms with Crippen LogP contribution in [0.5, 0.6) is 0 Å². The van der Waals surface area contributed by atoms with E-state index < -0.39 is 23.6 Å². The summed E-state index contributed by atoms with van der Waals surface area (Å²) in [5, 5.41) is 0. The van der Waals surface area contributed by atoms with Crippen LogP contribution in [0.25, 0.3) is 0 Å². The van der Waals surface area contributed by atoms with Gasteiger partial charge in [-0.15, -0.1) is 0 Å². The number of hydrogen-bond acceptors (Lipinski definition) is 4. The third-order valence-electron chi connectivity index (χ3n) is 2.57. The highest BCUT2D eigenvalue weighted by Crippen LogP contribution is 2.16. The summed E-state index contributed by atoms with van der Waals surface area (Å²) in [6, 6.07) is 0. The molecule has 1 saturated heterocycles. The van der Waals surface area contributed by atoms with Crippen LogP contribution < -0.4 is 0 Å². The smallest absolute Gasteiger partial charge is 0.318 e. The highest BCUT2D eigenvalue weighted by atomic mass is 16.5. The molecule has 0 radical (unpaired) electrons. The lowest BCUT2D eigenvalue weighted by Crippen LogP contribution is -2.28. The zero-order valence-electron chi connectivity index (χ0n) is 9.69. The molecule has 1 aliphatic rings. The van der Waals surface area contributed by atoms with Gasteiger partial charge in [0.1, 0.15) is 5.92 Å². The molecule has 5 heteroatoms. The van der Waals surface area contributed by atoms with Crippen LogP contribution in [0.1, 0.15) is 26.7 Å². The molecule has 0 aromatic carbocycles. The van der Waals surface area contributed by atoms with E-state index in [1.54, 1.807) is 6.92 Å². The molecular weight excluding hydrogens is 210 g/mol. The van der Waals surface area contributed by atoms with Gasteiger partial charge >= 0.3 is 5.97 Å². The van der Waals surface area contributed by atoms with Gasteiger partial charge in [0.15, 0.2) is 0 Å². The first-order chi connectivity index (χ1) is 7.61. The number of esters is 1. The van der Waals surface area contributed by atoms with E-state index in [1.165, 1.54) is 4.90 Å². The Labute approximate surface area is 94.7 Å². The van der Waals surface area contributed by atoms with Crippen molar-refractivity contribution in [2.75, 3.05) is 19.7 Å². The number of carbonyl (C=O) groups is 3. The Kier molecular flexibility index (Phi) is 4.46. The Balaban J connectivity index is 2.60. The predicted molar refractivity (Wildman–Crippen MR) is 56.6 cm³/mol. The molecule has 1 fully saturated rings. The van der Waals surface area contributed by atoms with E-state index >= 15 is 0 Å². The molecule has 1 amide bonds. The Morgan fingerprint density at radius 3 is 2.69 bits per heavy atom. The summed E-state index contributed by atoms with van der Waals surface area (Å²) in [5.74, 6) is -2.68. The van der Waals surface area contributed by atoms with E-state index in [0.717, 1.165) is 12.8 Å². The maximum Gasteiger partial charge on any atom is 0.318 e. The van der Waals surface area contributed by atoms with E-state index in [0.29, 0.717) is 6.54 Å². The Bertz CT molecular complexity index is 300. The molecule has 0 aromatic heterocycles. The lowest BCUT2D eigenvalue weighted by Gasteiger charge is -2.14. The first kappa shape index (κ1) is 12.7. The number of carbonyl (C=O) groups excluding carboxylic acids is 3. The summed E-state index contributed by atoms with van der Waals surface area (Å²) in [7, 11) is 0. The summed E-state index contributed by atoms with van der Waals surface area (Å²) in [4.78, 5) is 35.8. The fraction of sp³-hybridized carbons (Fsp3) is 0.727. The van der Waals surface area contributed by atoms with Crippen LogP contribution in [0.3, 0.4) is 0 Å². The quantitative estimate of drug-likeness (QED) is 0.387. The fourth-order valence-electron chi connectivity index (χ4n) is 1.66. The van der Waals surface area contributed by atoms with Crippen LogP contribution in [0.15, 0.2) is 0 Å². The molecule has 1 heterocycles. The summed E-state index contributed by atoms with van der Waals surface area (Å²) < 4.78 is 4.76. The van der Waals surface area contributed by atoms with E-state index in [2.05, 4.69) is 0 Å². The van der Waals surface area contributed by atoms with Crippen molar-refractivity contribution in [3.8, 4) is 0 Å². The number of rotatable bonds is 5. The fourth-order valence-corrected chi connectivity index (χ4v) is 1.66. The van der Waals surface area contributed by atoms with E-state index in [9.17, 15) is 14.4 Å². The average Bonchev–Trinajstić information content (AvgIpc) is 2.54. The zero-order chi connectivity index (χ0) is 12.1. The monoisotopic (exact) mass is 227 g/mol. The van der Waals surface area contributed by atoms with Crippen LogP contribution >= 0.6 is 0 Å². The third kappa shape index (κ3) is 2.59. The first-order valence-corrected chi connectivity index (χ1v) is 5.61. The molecule has 0 unspecified atom stereocenters. The number of ketones is 1. The van der Waals surface area contributed by atoms with Crippen LogP contribution in [0.2, 0.25) is 0 Å². The number of Topliss-reactive ketones (excluding diaryl/α,β-unsaturated/α-hetero) is 1. The second-order valence-corrected chi connectivity index (χ2v) is 3.77. The largest absolute Gasteiger partial charge is 0.465 e. The topological polar surface area (TPSA) is 63.7 Å². The standard InChI is InChI=1S/C11H17NO4/c1-3-5-6-12-7-8(9(13)10(12)14)11(15)16-4-2/h8H,3-7H2,1-2H3/t8-/m1/s1. The van der Waals surface area contributed by atoms with Gasteiger partial charge in [0.05, 0.1) is 6.61 Å². The van der Waals surface area contributed by atoms with Crippen molar-refractivity contribution in [1.82, 2.24) is 4.90 Å². The normalized spacial score (nSPS) is 20.4.